The fourth-order valence-electron chi connectivity index (χ4n) is 1.39. The highest BCUT2D eigenvalue weighted by Crippen LogP contribution is 2.19. The van der Waals surface area contributed by atoms with Crippen LogP contribution in [0.15, 0.2) is 28.9 Å². The van der Waals surface area contributed by atoms with Gasteiger partial charge in [0.1, 0.15) is 17.3 Å². The maximum Gasteiger partial charge on any atom is 0.269 e. The number of amides is 1. The average Bonchev–Trinajstić information content (AvgIpc) is 2.80. The quantitative estimate of drug-likeness (QED) is 0.913. The van der Waals surface area contributed by atoms with Gasteiger partial charge < -0.3 is 5.32 Å². The summed E-state index contributed by atoms with van der Waals surface area (Å²) in [5, 5.41) is 8.46. The molecule has 4 nitrogen and oxygen atoms in total. The van der Waals surface area contributed by atoms with E-state index in [0.717, 1.165) is 12.1 Å². The molecule has 0 aliphatic rings. The van der Waals surface area contributed by atoms with Gasteiger partial charge in [-0.25, -0.2) is 8.78 Å². The van der Waals surface area contributed by atoms with Gasteiger partial charge in [0.2, 0.25) is 0 Å². The Morgan fingerprint density at radius 3 is 2.61 bits per heavy atom. The molecule has 0 fully saturated rings. The first-order chi connectivity index (χ1) is 8.58. The summed E-state index contributed by atoms with van der Waals surface area (Å²) in [6.07, 6.45) is 1.41. The minimum atomic E-state index is -0.716. The summed E-state index contributed by atoms with van der Waals surface area (Å²) in [6.45, 7) is -0.233. The summed E-state index contributed by atoms with van der Waals surface area (Å²) in [4.78, 5) is 11.5. The van der Waals surface area contributed by atoms with Crippen molar-refractivity contribution in [3.05, 3.63) is 51.8 Å². The molecule has 0 spiro atoms. The Morgan fingerprint density at radius 1 is 1.39 bits per heavy atom. The molecule has 0 saturated heterocycles. The number of rotatable bonds is 3. The number of aromatic nitrogens is 2. The predicted octanol–water partition coefficient (Wildman–Crippen LogP) is 2.38. The fraction of sp³-hybridized carbons (Fsp3) is 0.0909. The van der Waals surface area contributed by atoms with Gasteiger partial charge in [-0.05, 0) is 18.2 Å². The van der Waals surface area contributed by atoms with Crippen molar-refractivity contribution in [1.82, 2.24) is 15.5 Å². The average molecular weight is 316 g/mol. The van der Waals surface area contributed by atoms with Crippen LogP contribution < -0.4 is 5.32 Å². The molecule has 2 rings (SSSR count). The molecule has 1 heterocycles. The molecule has 1 amide bonds. The van der Waals surface area contributed by atoms with Crippen molar-refractivity contribution < 1.29 is 13.6 Å². The Kier molecular flexibility index (Phi) is 3.71. The Balaban J connectivity index is 2.09. The topological polar surface area (TPSA) is 57.8 Å². The van der Waals surface area contributed by atoms with E-state index in [0.29, 0.717) is 4.47 Å². The highest BCUT2D eigenvalue weighted by Gasteiger charge is 2.13. The number of halogens is 3. The zero-order valence-corrected chi connectivity index (χ0v) is 10.6. The number of carbonyl (C=O) groups excluding carboxylic acids is 1. The molecule has 0 unspecified atom stereocenters. The molecular formula is C11H8BrF2N3O. The molecular weight excluding hydrogens is 308 g/mol. The first kappa shape index (κ1) is 12.7. The van der Waals surface area contributed by atoms with Crippen molar-refractivity contribution in [2.45, 2.75) is 6.54 Å². The van der Waals surface area contributed by atoms with E-state index in [2.05, 4.69) is 31.4 Å². The van der Waals surface area contributed by atoms with E-state index in [1.54, 1.807) is 0 Å². The lowest BCUT2D eigenvalue weighted by Crippen LogP contribution is -2.24. The molecule has 1 aromatic heterocycles. The first-order valence-electron chi connectivity index (χ1n) is 4.99. The van der Waals surface area contributed by atoms with E-state index < -0.39 is 17.5 Å². The highest BCUT2D eigenvalue weighted by molar-refractivity contribution is 9.10. The fourth-order valence-corrected chi connectivity index (χ4v) is 1.79. The second-order valence-electron chi connectivity index (χ2n) is 3.50. The smallest absolute Gasteiger partial charge is 0.269 e. The summed E-state index contributed by atoms with van der Waals surface area (Å²) in [7, 11) is 0. The molecule has 94 valence electrons. The number of hydrogen-bond acceptors (Lipinski definition) is 2. The number of nitrogens with one attached hydrogen (secondary N) is 2. The van der Waals surface area contributed by atoms with E-state index in [1.807, 2.05) is 0 Å². The predicted molar refractivity (Wildman–Crippen MR) is 63.8 cm³/mol. The van der Waals surface area contributed by atoms with Gasteiger partial charge in [0, 0.05) is 22.8 Å². The molecule has 7 heteroatoms. The van der Waals surface area contributed by atoms with Crippen LogP contribution in [-0.4, -0.2) is 16.1 Å². The number of benzene rings is 1. The standard InChI is InChI=1S/C11H8BrF2N3O/c12-6-3-8(13)7(9(14)4-6)5-15-11(18)10-1-2-16-17-10/h1-4H,5H2,(H,15,18)(H,16,17). The molecule has 0 atom stereocenters. The minimum absolute atomic E-state index is 0.189. The van der Waals surface area contributed by atoms with Crippen LogP contribution in [0.3, 0.4) is 0 Å². The number of aromatic amines is 1. The molecule has 0 aliphatic heterocycles. The summed E-state index contributed by atoms with van der Waals surface area (Å²) in [5.74, 6) is -1.91. The third kappa shape index (κ3) is 2.73. The van der Waals surface area contributed by atoms with Gasteiger partial charge in [0.05, 0.1) is 0 Å². The first-order valence-corrected chi connectivity index (χ1v) is 5.78. The van der Waals surface area contributed by atoms with Crippen LogP contribution in [-0.2, 0) is 6.54 Å². The number of hydrogen-bond donors (Lipinski definition) is 2. The van der Waals surface area contributed by atoms with E-state index in [1.165, 1.54) is 12.3 Å². The van der Waals surface area contributed by atoms with Gasteiger partial charge in [0.25, 0.3) is 5.91 Å². The number of H-pyrrole nitrogens is 1. The van der Waals surface area contributed by atoms with Gasteiger partial charge in [-0.3, -0.25) is 9.89 Å². The van der Waals surface area contributed by atoms with E-state index in [-0.39, 0.29) is 17.8 Å². The van der Waals surface area contributed by atoms with Gasteiger partial charge in [0.15, 0.2) is 0 Å². The van der Waals surface area contributed by atoms with Gasteiger partial charge >= 0.3 is 0 Å². The molecule has 0 radical (unpaired) electrons. The van der Waals surface area contributed by atoms with Crippen LogP contribution in [0.1, 0.15) is 16.1 Å². The molecule has 2 N–H and O–H groups in total. The van der Waals surface area contributed by atoms with Crippen molar-refractivity contribution in [3.8, 4) is 0 Å². The molecule has 0 bridgehead atoms. The zero-order valence-electron chi connectivity index (χ0n) is 9.01. The van der Waals surface area contributed by atoms with Crippen LogP contribution >= 0.6 is 15.9 Å². The SMILES string of the molecule is O=C(NCc1c(F)cc(Br)cc1F)c1ccn[nH]1. The third-order valence-electron chi connectivity index (χ3n) is 2.28. The normalized spacial score (nSPS) is 10.4. The second kappa shape index (κ2) is 5.26. The van der Waals surface area contributed by atoms with Gasteiger partial charge in [-0.1, -0.05) is 15.9 Å². The zero-order chi connectivity index (χ0) is 13.1. The summed E-state index contributed by atoms with van der Waals surface area (Å²) >= 11 is 2.98. The third-order valence-corrected chi connectivity index (χ3v) is 2.73. The van der Waals surface area contributed by atoms with Crippen molar-refractivity contribution in [2.75, 3.05) is 0 Å². The van der Waals surface area contributed by atoms with E-state index in [4.69, 9.17) is 0 Å². The van der Waals surface area contributed by atoms with Crippen molar-refractivity contribution in [1.29, 1.82) is 0 Å². The summed E-state index contributed by atoms with van der Waals surface area (Å²) in [6, 6.07) is 3.74. The summed E-state index contributed by atoms with van der Waals surface area (Å²) < 4.78 is 27.2. The number of carbonyl (C=O) groups is 1. The van der Waals surface area contributed by atoms with Gasteiger partial charge in [-0.15, -0.1) is 0 Å². The molecule has 1 aromatic carbocycles. The largest absolute Gasteiger partial charge is 0.346 e. The van der Waals surface area contributed by atoms with Crippen LogP contribution in [0.4, 0.5) is 8.78 Å². The maximum absolute atomic E-state index is 13.5. The lowest BCUT2D eigenvalue weighted by Gasteiger charge is -2.07. The summed E-state index contributed by atoms with van der Waals surface area (Å²) in [5.41, 5.74) is 0.0407. The molecule has 18 heavy (non-hydrogen) atoms. The Labute approximate surface area is 110 Å². The molecule has 0 saturated carbocycles. The Morgan fingerprint density at radius 2 is 2.06 bits per heavy atom. The van der Waals surface area contributed by atoms with Crippen LogP contribution in [0.5, 0.6) is 0 Å². The van der Waals surface area contributed by atoms with Crippen LogP contribution in [0, 0.1) is 11.6 Å². The van der Waals surface area contributed by atoms with Crippen molar-refractivity contribution in [2.24, 2.45) is 0 Å². The van der Waals surface area contributed by atoms with Gasteiger partial charge in [-0.2, -0.15) is 5.10 Å². The maximum atomic E-state index is 13.5. The monoisotopic (exact) mass is 315 g/mol. The van der Waals surface area contributed by atoms with Crippen molar-refractivity contribution >= 4 is 21.8 Å². The van der Waals surface area contributed by atoms with E-state index >= 15 is 0 Å². The van der Waals surface area contributed by atoms with Crippen LogP contribution in [0.2, 0.25) is 0 Å². The Bertz CT molecular complexity index is 549. The lowest BCUT2D eigenvalue weighted by molar-refractivity contribution is 0.0945. The molecule has 0 aliphatic carbocycles. The van der Waals surface area contributed by atoms with Crippen LogP contribution in [0.25, 0.3) is 0 Å². The van der Waals surface area contributed by atoms with Crippen molar-refractivity contribution in [3.63, 3.8) is 0 Å². The second-order valence-corrected chi connectivity index (χ2v) is 4.42. The molecule has 2 aromatic rings. The number of nitrogens with zero attached hydrogens (tertiary/aromatic N) is 1. The highest BCUT2D eigenvalue weighted by atomic mass is 79.9. The lowest BCUT2D eigenvalue weighted by atomic mass is 10.2. The Hall–Kier alpha value is -1.76. The van der Waals surface area contributed by atoms with E-state index in [9.17, 15) is 13.6 Å². The minimum Gasteiger partial charge on any atom is -0.346 e.